The first-order chi connectivity index (χ1) is 20.4. The van der Waals surface area contributed by atoms with Gasteiger partial charge in [-0.15, -0.1) is 11.8 Å². The number of hydrogen-bond donors (Lipinski definition) is 3. The van der Waals surface area contributed by atoms with Gasteiger partial charge >= 0.3 is 0 Å². The van der Waals surface area contributed by atoms with Crippen LogP contribution in [0.5, 0.6) is 5.75 Å². The summed E-state index contributed by atoms with van der Waals surface area (Å²) in [6.45, 7) is 1.94. The Bertz CT molecular complexity index is 1590. The Morgan fingerprint density at radius 2 is 1.60 bits per heavy atom. The lowest BCUT2D eigenvalue weighted by molar-refractivity contribution is -0.116. The molecule has 4 rings (SSSR count). The van der Waals surface area contributed by atoms with Gasteiger partial charge in [0.25, 0.3) is 11.8 Å². The molecule has 3 amide bonds. The molecule has 0 radical (unpaired) electrons. The minimum absolute atomic E-state index is 0.0256. The van der Waals surface area contributed by atoms with E-state index in [1.807, 2.05) is 25.1 Å². The molecular weight excluding hydrogens is 570 g/mol. The summed E-state index contributed by atoms with van der Waals surface area (Å²) in [6, 6.07) is 30.1. The van der Waals surface area contributed by atoms with Crippen LogP contribution in [0.15, 0.2) is 114 Å². The number of anilines is 2. The molecule has 0 spiro atoms. The van der Waals surface area contributed by atoms with Crippen molar-refractivity contribution in [2.24, 2.45) is 0 Å². The van der Waals surface area contributed by atoms with Crippen molar-refractivity contribution < 1.29 is 19.1 Å². The van der Waals surface area contributed by atoms with Gasteiger partial charge in [-0.25, -0.2) is 0 Å². The van der Waals surface area contributed by atoms with E-state index in [4.69, 9.17) is 16.3 Å². The minimum atomic E-state index is -0.526. The third-order valence-corrected chi connectivity index (χ3v) is 7.83. The summed E-state index contributed by atoms with van der Waals surface area (Å²) in [5.74, 6) is -0.534. The Morgan fingerprint density at radius 1 is 0.881 bits per heavy atom. The molecule has 0 aromatic heterocycles. The number of hydrogen-bond acceptors (Lipinski definition) is 5. The number of methoxy groups -OCH3 is 1. The molecule has 42 heavy (non-hydrogen) atoms. The van der Waals surface area contributed by atoms with E-state index in [1.54, 1.807) is 92.0 Å². The van der Waals surface area contributed by atoms with E-state index in [-0.39, 0.29) is 16.9 Å². The summed E-state index contributed by atoms with van der Waals surface area (Å²) in [4.78, 5) is 40.2. The SMILES string of the molecule is CCC(Sc1cccc(NC(=O)/C(=C\c2ccccc2Cl)NC(=O)c2ccccc2)c1)C(=O)Nc1ccccc1OC. The number of benzene rings is 4. The van der Waals surface area contributed by atoms with Gasteiger partial charge < -0.3 is 20.7 Å². The lowest BCUT2D eigenvalue weighted by Crippen LogP contribution is -2.30. The van der Waals surface area contributed by atoms with Gasteiger partial charge in [-0.2, -0.15) is 0 Å². The average molecular weight is 600 g/mol. The first-order valence-electron chi connectivity index (χ1n) is 13.2. The number of rotatable bonds is 11. The van der Waals surface area contributed by atoms with Crippen LogP contribution in [-0.4, -0.2) is 30.1 Å². The van der Waals surface area contributed by atoms with Crippen LogP contribution < -0.4 is 20.7 Å². The minimum Gasteiger partial charge on any atom is -0.495 e. The molecule has 7 nitrogen and oxygen atoms in total. The van der Waals surface area contributed by atoms with Gasteiger partial charge in [0.05, 0.1) is 18.0 Å². The van der Waals surface area contributed by atoms with Crippen molar-refractivity contribution in [1.29, 1.82) is 0 Å². The summed E-state index contributed by atoms with van der Waals surface area (Å²) in [5.41, 5.74) is 2.11. The number of carbonyl (C=O) groups excluding carboxylic acids is 3. The molecule has 0 fully saturated rings. The first kappa shape index (κ1) is 30.4. The van der Waals surface area contributed by atoms with Crippen LogP contribution in [0.2, 0.25) is 5.02 Å². The van der Waals surface area contributed by atoms with Crippen molar-refractivity contribution in [2.75, 3.05) is 17.7 Å². The van der Waals surface area contributed by atoms with Gasteiger partial charge in [0.1, 0.15) is 11.4 Å². The molecule has 0 aliphatic carbocycles. The second-order valence-electron chi connectivity index (χ2n) is 9.09. The van der Waals surface area contributed by atoms with Crippen LogP contribution >= 0.6 is 23.4 Å². The molecular formula is C33H30ClN3O4S. The highest BCUT2D eigenvalue weighted by Crippen LogP contribution is 2.30. The van der Waals surface area contributed by atoms with Crippen LogP contribution in [-0.2, 0) is 9.59 Å². The smallest absolute Gasteiger partial charge is 0.272 e. The van der Waals surface area contributed by atoms with E-state index in [9.17, 15) is 14.4 Å². The molecule has 1 atom stereocenters. The van der Waals surface area contributed by atoms with Crippen LogP contribution in [0.3, 0.4) is 0 Å². The fraction of sp³-hybridized carbons (Fsp3) is 0.121. The normalized spacial score (nSPS) is 11.7. The topological polar surface area (TPSA) is 96.5 Å². The molecule has 1 unspecified atom stereocenters. The average Bonchev–Trinajstić information content (AvgIpc) is 3.01. The number of thioether (sulfide) groups is 1. The van der Waals surface area contributed by atoms with Crippen LogP contribution in [0.1, 0.15) is 29.3 Å². The number of ether oxygens (including phenoxy) is 1. The van der Waals surface area contributed by atoms with E-state index in [1.165, 1.54) is 17.8 Å². The molecule has 214 valence electrons. The Hall–Kier alpha value is -4.53. The highest BCUT2D eigenvalue weighted by atomic mass is 35.5. The Labute approximate surface area is 254 Å². The van der Waals surface area contributed by atoms with Crippen LogP contribution in [0.25, 0.3) is 6.08 Å². The maximum absolute atomic E-state index is 13.4. The quantitative estimate of drug-likeness (QED) is 0.124. The molecule has 9 heteroatoms. The monoisotopic (exact) mass is 599 g/mol. The van der Waals surface area contributed by atoms with E-state index in [2.05, 4.69) is 16.0 Å². The third kappa shape index (κ3) is 8.25. The van der Waals surface area contributed by atoms with Gasteiger partial charge in [0.15, 0.2) is 0 Å². The highest BCUT2D eigenvalue weighted by molar-refractivity contribution is 8.00. The molecule has 4 aromatic carbocycles. The van der Waals surface area contributed by atoms with Gasteiger partial charge in [0, 0.05) is 21.2 Å². The zero-order valence-electron chi connectivity index (χ0n) is 23.1. The number of para-hydroxylation sites is 2. The van der Waals surface area contributed by atoms with Crippen LogP contribution in [0, 0.1) is 0 Å². The van der Waals surface area contributed by atoms with Crippen molar-refractivity contribution in [3.8, 4) is 5.75 Å². The summed E-state index contributed by atoms with van der Waals surface area (Å²) < 4.78 is 5.34. The molecule has 0 saturated carbocycles. The first-order valence-corrected chi connectivity index (χ1v) is 14.5. The van der Waals surface area contributed by atoms with E-state index < -0.39 is 11.8 Å². The van der Waals surface area contributed by atoms with Crippen molar-refractivity contribution >= 4 is 58.5 Å². The van der Waals surface area contributed by atoms with Gasteiger partial charge in [-0.3, -0.25) is 14.4 Å². The number of amides is 3. The predicted octanol–water partition coefficient (Wildman–Crippen LogP) is 7.27. The predicted molar refractivity (Wildman–Crippen MR) is 170 cm³/mol. The molecule has 0 heterocycles. The van der Waals surface area contributed by atoms with E-state index >= 15 is 0 Å². The molecule has 0 aliphatic heterocycles. The summed E-state index contributed by atoms with van der Waals surface area (Å²) in [7, 11) is 1.55. The van der Waals surface area contributed by atoms with Gasteiger partial charge in [-0.1, -0.05) is 73.1 Å². The van der Waals surface area contributed by atoms with Crippen molar-refractivity contribution in [1.82, 2.24) is 5.32 Å². The molecule has 0 aliphatic rings. The summed E-state index contributed by atoms with van der Waals surface area (Å²) in [5, 5.41) is 8.57. The number of carbonyl (C=O) groups is 3. The lowest BCUT2D eigenvalue weighted by Gasteiger charge is -2.17. The Kier molecular flexibility index (Phi) is 10.8. The Balaban J connectivity index is 1.51. The van der Waals surface area contributed by atoms with Crippen LogP contribution in [0.4, 0.5) is 11.4 Å². The zero-order chi connectivity index (χ0) is 29.9. The summed E-state index contributed by atoms with van der Waals surface area (Å²) >= 11 is 7.72. The van der Waals surface area contributed by atoms with E-state index in [0.29, 0.717) is 39.7 Å². The second-order valence-corrected chi connectivity index (χ2v) is 10.8. The fourth-order valence-corrected chi connectivity index (χ4v) is 5.19. The summed E-state index contributed by atoms with van der Waals surface area (Å²) in [6.07, 6.45) is 2.12. The molecule has 0 saturated heterocycles. The van der Waals surface area contributed by atoms with Gasteiger partial charge in [0.2, 0.25) is 5.91 Å². The van der Waals surface area contributed by atoms with E-state index in [0.717, 1.165) is 4.90 Å². The second kappa shape index (κ2) is 14.9. The number of nitrogens with one attached hydrogen (secondary N) is 3. The Morgan fingerprint density at radius 3 is 2.33 bits per heavy atom. The van der Waals surface area contributed by atoms with Crippen molar-refractivity contribution in [3.05, 3.63) is 125 Å². The molecule has 0 bridgehead atoms. The maximum Gasteiger partial charge on any atom is 0.272 e. The largest absolute Gasteiger partial charge is 0.495 e. The van der Waals surface area contributed by atoms with Crippen molar-refractivity contribution in [2.45, 2.75) is 23.5 Å². The third-order valence-electron chi connectivity index (χ3n) is 6.13. The fourth-order valence-electron chi connectivity index (χ4n) is 3.98. The molecule has 3 N–H and O–H groups in total. The zero-order valence-corrected chi connectivity index (χ0v) is 24.7. The maximum atomic E-state index is 13.4. The number of halogens is 1. The highest BCUT2D eigenvalue weighted by Gasteiger charge is 2.20. The lowest BCUT2D eigenvalue weighted by atomic mass is 10.1. The molecule has 4 aromatic rings. The van der Waals surface area contributed by atoms with Gasteiger partial charge in [-0.05, 0) is 66.6 Å². The standard InChI is InChI=1S/C33H30ClN3O4S/c1-3-30(33(40)36-27-18-9-10-19-29(27)41-2)42-25-16-11-15-24(21-25)35-32(39)28(20-23-14-7-8-17-26(23)34)37-31(38)22-12-5-4-6-13-22/h4-21,30H,3H2,1-2H3,(H,35,39)(H,36,40)(H,37,38)/b28-20+. The van der Waals surface area contributed by atoms with Crippen molar-refractivity contribution in [3.63, 3.8) is 0 Å².